The molecule has 2 nitrogen and oxygen atoms in total. The summed E-state index contributed by atoms with van der Waals surface area (Å²) in [5.41, 5.74) is -0.974. The molecule has 0 bridgehead atoms. The van der Waals surface area contributed by atoms with Crippen molar-refractivity contribution < 1.29 is 9.78 Å². The summed E-state index contributed by atoms with van der Waals surface area (Å²) in [4.78, 5) is 12.1. The van der Waals surface area contributed by atoms with Crippen LogP contribution in [0.15, 0.2) is 0 Å². The summed E-state index contributed by atoms with van der Waals surface area (Å²) in [6, 6.07) is 0. The van der Waals surface area contributed by atoms with E-state index in [1.807, 2.05) is 0 Å². The molecule has 0 aromatic rings. The first-order chi connectivity index (χ1) is 13.0. The fourth-order valence-electron chi connectivity index (χ4n) is 5.79. The van der Waals surface area contributed by atoms with Crippen molar-refractivity contribution in [1.29, 1.82) is 0 Å². The molecule has 0 N–H and O–H groups in total. The van der Waals surface area contributed by atoms with Crippen molar-refractivity contribution in [3.63, 3.8) is 0 Å². The lowest BCUT2D eigenvalue weighted by atomic mass is 9.57. The summed E-state index contributed by atoms with van der Waals surface area (Å²) in [7, 11) is 0. The van der Waals surface area contributed by atoms with Gasteiger partial charge >= 0.3 is 0 Å². The lowest BCUT2D eigenvalue weighted by Gasteiger charge is -2.55. The summed E-state index contributed by atoms with van der Waals surface area (Å²) in [6.45, 7) is 31.2. The van der Waals surface area contributed by atoms with Crippen LogP contribution >= 0.6 is 23.2 Å². The van der Waals surface area contributed by atoms with E-state index in [0.717, 1.165) is 12.8 Å². The Kier molecular flexibility index (Phi) is 10.8. The Morgan fingerprint density at radius 3 is 1.47 bits per heavy atom. The van der Waals surface area contributed by atoms with E-state index in [1.54, 1.807) is 0 Å². The molecule has 0 aliphatic heterocycles. The first kappa shape index (κ1) is 30.5. The van der Waals surface area contributed by atoms with Crippen LogP contribution in [0.5, 0.6) is 0 Å². The molecule has 3 atom stereocenters. The number of hydrogen-bond acceptors (Lipinski definition) is 2. The second-order valence-electron chi connectivity index (χ2n) is 13.8. The second-order valence-corrected chi connectivity index (χ2v) is 14.9. The molecular formula is C26H52Cl2O2. The van der Waals surface area contributed by atoms with Gasteiger partial charge in [-0.2, -0.15) is 0 Å². The van der Waals surface area contributed by atoms with Gasteiger partial charge in [0, 0.05) is 11.3 Å². The number of halogens is 2. The van der Waals surface area contributed by atoms with Crippen molar-refractivity contribution in [3.05, 3.63) is 0 Å². The molecule has 0 rings (SSSR count). The highest BCUT2D eigenvalue weighted by Gasteiger charge is 2.59. The smallest absolute Gasteiger partial charge is 0.185 e. The van der Waals surface area contributed by atoms with Crippen LogP contribution in [0.3, 0.4) is 0 Å². The molecule has 0 heterocycles. The second kappa shape index (κ2) is 10.6. The highest BCUT2D eigenvalue weighted by molar-refractivity contribution is 6.23. The summed E-state index contributed by atoms with van der Waals surface area (Å²) in [5, 5.41) is -1.03. The summed E-state index contributed by atoms with van der Waals surface area (Å²) in [6.07, 6.45) is 2.84. The summed E-state index contributed by atoms with van der Waals surface area (Å²) < 4.78 is 0. The maximum atomic E-state index is 7.43. The number of rotatable bonds is 11. The average molecular weight is 468 g/mol. The predicted octanol–water partition coefficient (Wildman–Crippen LogP) is 9.68. The number of alkyl halides is 2. The van der Waals surface area contributed by atoms with Crippen molar-refractivity contribution in [2.75, 3.05) is 0 Å². The SMILES string of the molecule is CC(C)CC(C)(C)CC(Cl)OOC(Cl)(C(C(C)(C)C)C(C)(C)CC(C)C)C(C)(C)C. The first-order valence-electron chi connectivity index (χ1n) is 11.7. The van der Waals surface area contributed by atoms with E-state index in [0.29, 0.717) is 18.3 Å². The number of hydrogen-bond donors (Lipinski definition) is 0. The van der Waals surface area contributed by atoms with Gasteiger partial charge in [0.2, 0.25) is 0 Å². The minimum atomic E-state index is -1.03. The van der Waals surface area contributed by atoms with Crippen molar-refractivity contribution in [3.8, 4) is 0 Å². The van der Waals surface area contributed by atoms with Crippen LogP contribution in [0, 0.1) is 39.4 Å². The molecule has 0 aliphatic rings. The zero-order valence-electron chi connectivity index (χ0n) is 22.5. The van der Waals surface area contributed by atoms with E-state index < -0.39 is 10.6 Å². The Morgan fingerprint density at radius 1 is 0.700 bits per heavy atom. The van der Waals surface area contributed by atoms with Gasteiger partial charge in [-0.05, 0) is 47.3 Å². The van der Waals surface area contributed by atoms with Crippen LogP contribution in [0.25, 0.3) is 0 Å². The zero-order chi connectivity index (χ0) is 24.3. The monoisotopic (exact) mass is 466 g/mol. The van der Waals surface area contributed by atoms with Crippen LogP contribution in [-0.2, 0) is 9.78 Å². The Bertz CT molecular complexity index is 512. The average Bonchev–Trinajstić information content (AvgIpc) is 2.37. The van der Waals surface area contributed by atoms with Crippen LogP contribution in [0.1, 0.15) is 116 Å². The molecule has 0 aromatic heterocycles. The molecule has 182 valence electrons. The van der Waals surface area contributed by atoms with Gasteiger partial charge in [0.05, 0.1) is 0 Å². The quantitative estimate of drug-likeness (QED) is 0.171. The molecule has 4 heteroatoms. The van der Waals surface area contributed by atoms with Crippen molar-refractivity contribution in [2.24, 2.45) is 39.4 Å². The Labute approximate surface area is 199 Å². The third-order valence-corrected chi connectivity index (χ3v) is 7.00. The molecule has 0 aromatic carbocycles. The fraction of sp³-hybridized carbons (Fsp3) is 1.00. The van der Waals surface area contributed by atoms with Gasteiger partial charge in [-0.3, -0.25) is 0 Å². The van der Waals surface area contributed by atoms with Crippen LogP contribution < -0.4 is 0 Å². The van der Waals surface area contributed by atoms with E-state index in [-0.39, 0.29) is 27.6 Å². The van der Waals surface area contributed by atoms with Gasteiger partial charge in [-0.15, -0.1) is 0 Å². The summed E-state index contributed by atoms with van der Waals surface area (Å²) >= 11 is 14.0. The van der Waals surface area contributed by atoms with Crippen LogP contribution in [0.2, 0.25) is 0 Å². The highest BCUT2D eigenvalue weighted by atomic mass is 35.5. The molecule has 0 amide bonds. The molecule has 0 fully saturated rings. The van der Waals surface area contributed by atoms with Crippen LogP contribution in [-0.4, -0.2) is 10.6 Å². The molecule has 0 saturated heterocycles. The lowest BCUT2D eigenvalue weighted by Crippen LogP contribution is -2.57. The summed E-state index contributed by atoms with van der Waals surface area (Å²) in [5.74, 6) is 1.20. The minimum absolute atomic E-state index is 0.0362. The standard InChI is InChI=1S/C26H52Cl2O2/c1-18(2)15-24(11,12)17-20(27)29-30-26(28,23(8,9)10)21(22(5,6)7)25(13,14)16-19(3)4/h18-21H,15-17H2,1-14H3. The zero-order valence-corrected chi connectivity index (χ0v) is 24.0. The van der Waals surface area contributed by atoms with E-state index in [2.05, 4.69) is 96.9 Å². The van der Waals surface area contributed by atoms with Gasteiger partial charge in [0.15, 0.2) is 10.6 Å². The van der Waals surface area contributed by atoms with Gasteiger partial charge in [0.1, 0.15) is 0 Å². The molecule has 0 spiro atoms. The molecule has 30 heavy (non-hydrogen) atoms. The normalized spacial score (nSPS) is 18.6. The third-order valence-electron chi connectivity index (χ3n) is 5.92. The van der Waals surface area contributed by atoms with Crippen molar-refractivity contribution >= 4 is 23.2 Å². The van der Waals surface area contributed by atoms with Crippen LogP contribution in [0.4, 0.5) is 0 Å². The topological polar surface area (TPSA) is 18.5 Å². The fourth-order valence-corrected chi connectivity index (χ4v) is 6.90. The Morgan fingerprint density at radius 2 is 1.13 bits per heavy atom. The maximum absolute atomic E-state index is 7.43. The minimum Gasteiger partial charge on any atom is -0.215 e. The largest absolute Gasteiger partial charge is 0.215 e. The van der Waals surface area contributed by atoms with Crippen molar-refractivity contribution in [2.45, 2.75) is 127 Å². The first-order valence-corrected chi connectivity index (χ1v) is 12.5. The molecule has 0 saturated carbocycles. The van der Waals surface area contributed by atoms with Crippen molar-refractivity contribution in [1.82, 2.24) is 0 Å². The van der Waals surface area contributed by atoms with E-state index >= 15 is 0 Å². The predicted molar refractivity (Wildman–Crippen MR) is 134 cm³/mol. The maximum Gasteiger partial charge on any atom is 0.185 e. The van der Waals surface area contributed by atoms with Gasteiger partial charge in [-0.25, -0.2) is 9.78 Å². The Hall–Kier alpha value is 0.500. The molecular weight excluding hydrogens is 415 g/mol. The van der Waals surface area contributed by atoms with E-state index in [9.17, 15) is 0 Å². The molecule has 0 aliphatic carbocycles. The highest BCUT2D eigenvalue weighted by Crippen LogP contribution is 2.58. The van der Waals surface area contributed by atoms with Gasteiger partial charge < -0.3 is 0 Å². The van der Waals surface area contributed by atoms with Gasteiger partial charge in [-0.1, -0.05) is 120 Å². The molecule has 0 radical (unpaired) electrons. The molecule has 3 unspecified atom stereocenters. The van der Waals surface area contributed by atoms with Gasteiger partial charge in [0.25, 0.3) is 0 Å². The Balaban J connectivity index is 5.87. The third kappa shape index (κ3) is 9.16. The van der Waals surface area contributed by atoms with E-state index in [4.69, 9.17) is 33.0 Å². The van der Waals surface area contributed by atoms with E-state index in [1.165, 1.54) is 0 Å². The lowest BCUT2D eigenvalue weighted by molar-refractivity contribution is -0.391.